The number of nitrogens with two attached hydrogens (primary N) is 1. The third-order valence-corrected chi connectivity index (χ3v) is 3.06. The predicted molar refractivity (Wildman–Crippen MR) is 72.7 cm³/mol. The quantitative estimate of drug-likeness (QED) is 0.746. The Morgan fingerprint density at radius 2 is 1.94 bits per heavy atom. The van der Waals surface area contributed by atoms with Gasteiger partial charge in [-0.2, -0.15) is 0 Å². The number of benzene rings is 1. The molecule has 4 heteroatoms. The van der Waals surface area contributed by atoms with Gasteiger partial charge in [0.05, 0.1) is 11.1 Å². The molecule has 4 nitrogen and oxygen atoms in total. The molecule has 0 amide bonds. The Morgan fingerprint density at radius 3 is 2.67 bits per heavy atom. The van der Waals surface area contributed by atoms with Gasteiger partial charge in [0.2, 0.25) is 0 Å². The molecular weight excluding hydrogens is 224 g/mol. The van der Waals surface area contributed by atoms with E-state index >= 15 is 0 Å². The molecule has 2 N–H and O–H groups in total. The second-order valence-corrected chi connectivity index (χ2v) is 4.19. The van der Waals surface area contributed by atoms with E-state index in [0.717, 1.165) is 23.1 Å². The van der Waals surface area contributed by atoms with Crippen LogP contribution in [0.25, 0.3) is 16.7 Å². The molecule has 0 saturated carbocycles. The molecule has 3 rings (SSSR count). The summed E-state index contributed by atoms with van der Waals surface area (Å²) in [5, 5.41) is 5.23. The average Bonchev–Trinajstić information content (AvgIpc) is 2.77. The predicted octanol–water partition coefficient (Wildman–Crippen LogP) is 2.57. The van der Waals surface area contributed by atoms with Crippen molar-refractivity contribution in [3.63, 3.8) is 0 Å². The lowest BCUT2D eigenvalue weighted by molar-refractivity contribution is 0.901. The number of pyridine rings is 1. The monoisotopic (exact) mass is 238 g/mol. The first-order chi connectivity index (χ1) is 8.79. The fourth-order valence-corrected chi connectivity index (χ4v) is 2.03. The van der Waals surface area contributed by atoms with E-state index in [1.807, 2.05) is 24.3 Å². The zero-order valence-corrected chi connectivity index (χ0v) is 10.2. The van der Waals surface area contributed by atoms with E-state index in [-0.39, 0.29) is 0 Å². The molecular formula is C14H14N4. The zero-order chi connectivity index (χ0) is 12.5. The molecule has 2 heterocycles. The number of nitrogen functional groups attached to an aromatic ring is 1. The molecule has 0 aliphatic heterocycles. The summed E-state index contributed by atoms with van der Waals surface area (Å²) in [6.07, 6.45) is 2.78. The summed E-state index contributed by atoms with van der Waals surface area (Å²) in [5.41, 5.74) is 8.97. The minimum Gasteiger partial charge on any atom is -0.382 e. The maximum atomic E-state index is 5.90. The van der Waals surface area contributed by atoms with Crippen molar-refractivity contribution in [1.82, 2.24) is 14.8 Å². The van der Waals surface area contributed by atoms with Gasteiger partial charge in [-0.3, -0.25) is 0 Å². The van der Waals surface area contributed by atoms with Crippen LogP contribution in [0, 0.1) is 0 Å². The van der Waals surface area contributed by atoms with Gasteiger partial charge in [-0.15, -0.1) is 5.10 Å². The van der Waals surface area contributed by atoms with Crippen LogP contribution in [0.4, 0.5) is 5.82 Å². The molecule has 0 unspecified atom stereocenters. The first kappa shape index (κ1) is 10.8. The first-order valence-corrected chi connectivity index (χ1v) is 5.98. The van der Waals surface area contributed by atoms with Gasteiger partial charge < -0.3 is 5.73 Å². The van der Waals surface area contributed by atoms with Crippen LogP contribution in [-0.2, 0) is 6.42 Å². The molecule has 0 aliphatic rings. The van der Waals surface area contributed by atoms with Crippen LogP contribution in [0.1, 0.15) is 12.5 Å². The van der Waals surface area contributed by atoms with Crippen LogP contribution in [0.3, 0.4) is 0 Å². The lowest BCUT2D eigenvalue weighted by atomic mass is 10.1. The third-order valence-electron chi connectivity index (χ3n) is 3.06. The summed E-state index contributed by atoms with van der Waals surface area (Å²) >= 11 is 0. The van der Waals surface area contributed by atoms with Crippen LogP contribution in [0.2, 0.25) is 0 Å². The van der Waals surface area contributed by atoms with Gasteiger partial charge in [-0.05, 0) is 36.2 Å². The van der Waals surface area contributed by atoms with Gasteiger partial charge in [0.15, 0.2) is 11.5 Å². The molecule has 0 radical (unpaired) electrons. The van der Waals surface area contributed by atoms with Gasteiger partial charge in [-0.25, -0.2) is 9.67 Å². The number of fused-ring (bicyclic) bond motifs is 1. The number of hydrogen-bond donors (Lipinski definition) is 1. The fourth-order valence-electron chi connectivity index (χ4n) is 2.03. The second-order valence-electron chi connectivity index (χ2n) is 4.19. The molecule has 2 aromatic heterocycles. The highest BCUT2D eigenvalue weighted by atomic mass is 15.3. The Labute approximate surface area is 105 Å². The Hall–Kier alpha value is -2.36. The number of rotatable bonds is 2. The molecule has 0 bridgehead atoms. The second kappa shape index (κ2) is 4.14. The average molecular weight is 238 g/mol. The molecule has 1 aromatic carbocycles. The molecule has 0 saturated heterocycles. The number of anilines is 1. The minimum absolute atomic E-state index is 0.512. The van der Waals surface area contributed by atoms with E-state index in [0.29, 0.717) is 5.82 Å². The van der Waals surface area contributed by atoms with Crippen molar-refractivity contribution < 1.29 is 0 Å². The smallest absolute Gasteiger partial charge is 0.165 e. The normalized spacial score (nSPS) is 10.9. The highest BCUT2D eigenvalue weighted by Gasteiger charge is 2.09. The number of hydrogen-bond acceptors (Lipinski definition) is 3. The largest absolute Gasteiger partial charge is 0.382 e. The van der Waals surface area contributed by atoms with Gasteiger partial charge in [0.25, 0.3) is 0 Å². The molecule has 18 heavy (non-hydrogen) atoms. The molecule has 0 spiro atoms. The van der Waals surface area contributed by atoms with Gasteiger partial charge in [-0.1, -0.05) is 19.1 Å². The summed E-state index contributed by atoms with van der Waals surface area (Å²) in [6.45, 7) is 2.14. The van der Waals surface area contributed by atoms with Gasteiger partial charge >= 0.3 is 0 Å². The van der Waals surface area contributed by atoms with Crippen molar-refractivity contribution in [3.8, 4) is 5.69 Å². The van der Waals surface area contributed by atoms with Crippen LogP contribution < -0.4 is 5.73 Å². The Kier molecular flexibility index (Phi) is 2.48. The topological polar surface area (TPSA) is 56.7 Å². The van der Waals surface area contributed by atoms with E-state index in [2.05, 4.69) is 29.1 Å². The van der Waals surface area contributed by atoms with Crippen LogP contribution >= 0.6 is 0 Å². The lowest BCUT2D eigenvalue weighted by Gasteiger charge is -2.03. The van der Waals surface area contributed by atoms with E-state index in [9.17, 15) is 0 Å². The standard InChI is InChI=1S/C14H14N4/c1-2-10-5-7-11(8-6-10)18-14-12(13(15)17-18)4-3-9-16-14/h3-9H,2H2,1H3,(H2,15,17). The summed E-state index contributed by atoms with van der Waals surface area (Å²) in [4.78, 5) is 4.34. The van der Waals surface area contributed by atoms with Crippen molar-refractivity contribution in [3.05, 3.63) is 48.2 Å². The lowest BCUT2D eigenvalue weighted by Crippen LogP contribution is -1.98. The number of nitrogens with zero attached hydrogens (tertiary/aromatic N) is 3. The van der Waals surface area contributed by atoms with Crippen molar-refractivity contribution >= 4 is 16.9 Å². The molecule has 0 aliphatic carbocycles. The number of aryl methyl sites for hydroxylation is 1. The minimum atomic E-state index is 0.512. The van der Waals surface area contributed by atoms with Crippen LogP contribution in [0.15, 0.2) is 42.6 Å². The molecule has 3 aromatic rings. The zero-order valence-electron chi connectivity index (χ0n) is 10.2. The third kappa shape index (κ3) is 1.62. The van der Waals surface area contributed by atoms with E-state index < -0.39 is 0 Å². The fraction of sp³-hybridized carbons (Fsp3) is 0.143. The summed E-state index contributed by atoms with van der Waals surface area (Å²) in [6, 6.07) is 12.1. The molecule has 0 atom stereocenters. The first-order valence-electron chi connectivity index (χ1n) is 5.98. The van der Waals surface area contributed by atoms with Crippen molar-refractivity contribution in [2.45, 2.75) is 13.3 Å². The van der Waals surface area contributed by atoms with E-state index in [1.54, 1.807) is 10.9 Å². The van der Waals surface area contributed by atoms with Gasteiger partial charge in [0.1, 0.15) is 0 Å². The van der Waals surface area contributed by atoms with Crippen molar-refractivity contribution in [1.29, 1.82) is 0 Å². The molecule has 0 fully saturated rings. The van der Waals surface area contributed by atoms with Crippen LogP contribution in [-0.4, -0.2) is 14.8 Å². The molecule has 90 valence electrons. The highest BCUT2D eigenvalue weighted by Crippen LogP contribution is 2.21. The Balaban J connectivity index is 2.18. The Morgan fingerprint density at radius 1 is 1.17 bits per heavy atom. The van der Waals surface area contributed by atoms with Crippen molar-refractivity contribution in [2.24, 2.45) is 0 Å². The summed E-state index contributed by atoms with van der Waals surface area (Å²) < 4.78 is 1.78. The van der Waals surface area contributed by atoms with E-state index in [1.165, 1.54) is 5.56 Å². The Bertz CT molecular complexity index is 683. The van der Waals surface area contributed by atoms with Crippen molar-refractivity contribution in [2.75, 3.05) is 5.73 Å². The SMILES string of the molecule is CCc1ccc(-n2nc(N)c3cccnc32)cc1. The highest BCUT2D eigenvalue weighted by molar-refractivity contribution is 5.87. The maximum absolute atomic E-state index is 5.90. The van der Waals surface area contributed by atoms with Crippen LogP contribution in [0.5, 0.6) is 0 Å². The maximum Gasteiger partial charge on any atom is 0.165 e. The van der Waals surface area contributed by atoms with E-state index in [4.69, 9.17) is 5.73 Å². The summed E-state index contributed by atoms with van der Waals surface area (Å²) in [5.74, 6) is 0.512. The summed E-state index contributed by atoms with van der Waals surface area (Å²) in [7, 11) is 0. The van der Waals surface area contributed by atoms with Gasteiger partial charge in [0, 0.05) is 6.20 Å². The number of aromatic nitrogens is 3.